The molecule has 0 aliphatic carbocycles. The monoisotopic (exact) mass is 282 g/mol. The summed E-state index contributed by atoms with van der Waals surface area (Å²) in [4.78, 5) is 5.83. The van der Waals surface area contributed by atoms with Gasteiger partial charge in [-0.15, -0.1) is 0 Å². The van der Waals surface area contributed by atoms with Crippen LogP contribution in [0.4, 0.5) is 0 Å². The molecule has 1 fully saturated rings. The molecular weight excluding hydrogens is 260 g/mol. The molecule has 3 N–H and O–H groups in total. The van der Waals surface area contributed by atoms with Gasteiger partial charge in [0.1, 0.15) is 0 Å². The normalized spacial score (nSPS) is 17.1. The lowest BCUT2D eigenvalue weighted by molar-refractivity contribution is 0.212. The van der Waals surface area contributed by atoms with Crippen molar-refractivity contribution in [2.45, 2.75) is 25.2 Å². The summed E-state index contributed by atoms with van der Waals surface area (Å²) in [6.07, 6.45) is 5.51. The predicted molar refractivity (Wildman–Crippen MR) is 85.1 cm³/mol. The van der Waals surface area contributed by atoms with Crippen LogP contribution in [-0.4, -0.2) is 36.1 Å². The first-order chi connectivity index (χ1) is 10.3. The molecule has 2 aromatic rings. The Bertz CT molecular complexity index is 644. The van der Waals surface area contributed by atoms with E-state index in [4.69, 9.17) is 5.73 Å². The highest BCUT2D eigenvalue weighted by molar-refractivity contribution is 5.89. The van der Waals surface area contributed by atoms with Gasteiger partial charge in [-0.25, -0.2) is 0 Å². The van der Waals surface area contributed by atoms with E-state index in [1.165, 1.54) is 5.56 Å². The minimum absolute atomic E-state index is 0.558. The van der Waals surface area contributed by atoms with Crippen LogP contribution in [0.1, 0.15) is 36.3 Å². The summed E-state index contributed by atoms with van der Waals surface area (Å²) in [5, 5.41) is 10.5. The highest BCUT2D eigenvalue weighted by atomic mass is 15.1. The van der Waals surface area contributed by atoms with Gasteiger partial charge >= 0.3 is 0 Å². The van der Waals surface area contributed by atoms with Gasteiger partial charge in [0.2, 0.25) is 0 Å². The Morgan fingerprint density at radius 1 is 1.33 bits per heavy atom. The van der Waals surface area contributed by atoms with Crippen molar-refractivity contribution in [2.75, 3.05) is 26.2 Å². The number of likely N-dealkylation sites (tertiary alicyclic amines) is 1. The van der Waals surface area contributed by atoms with Gasteiger partial charge in [0.05, 0.1) is 11.6 Å². The van der Waals surface area contributed by atoms with Crippen molar-refractivity contribution in [3.8, 4) is 6.07 Å². The second-order valence-electron chi connectivity index (χ2n) is 5.84. The van der Waals surface area contributed by atoms with Crippen molar-refractivity contribution in [2.24, 2.45) is 5.73 Å². The standard InChI is InChI=1S/C17H22N4/c18-7-2-8-21-9-5-13(6-10-21)15-12-20-16-4-1-3-14(11-19)17(15)16/h1,3-4,12-13,20H,2,5-10,18H2. The second kappa shape index (κ2) is 6.30. The fourth-order valence-electron chi connectivity index (χ4n) is 3.41. The van der Waals surface area contributed by atoms with Crippen molar-refractivity contribution >= 4 is 10.9 Å². The van der Waals surface area contributed by atoms with Crippen molar-refractivity contribution < 1.29 is 0 Å². The first-order valence-electron chi connectivity index (χ1n) is 7.76. The molecular formula is C17H22N4. The van der Waals surface area contributed by atoms with Gasteiger partial charge in [0.25, 0.3) is 0 Å². The molecule has 0 amide bonds. The summed E-state index contributed by atoms with van der Waals surface area (Å²) >= 11 is 0. The number of aromatic amines is 1. The minimum atomic E-state index is 0.558. The van der Waals surface area contributed by atoms with Crippen LogP contribution in [0.2, 0.25) is 0 Å². The van der Waals surface area contributed by atoms with Crippen LogP contribution in [0.3, 0.4) is 0 Å². The van der Waals surface area contributed by atoms with Gasteiger partial charge in [-0.3, -0.25) is 0 Å². The second-order valence-corrected chi connectivity index (χ2v) is 5.84. The van der Waals surface area contributed by atoms with Crippen LogP contribution < -0.4 is 5.73 Å². The zero-order chi connectivity index (χ0) is 14.7. The van der Waals surface area contributed by atoms with Gasteiger partial charge in [0.15, 0.2) is 0 Å². The number of benzene rings is 1. The number of nitrogens with zero attached hydrogens (tertiary/aromatic N) is 2. The van der Waals surface area contributed by atoms with Crippen LogP contribution in [0.25, 0.3) is 10.9 Å². The summed E-state index contributed by atoms with van der Waals surface area (Å²) in [7, 11) is 0. The predicted octanol–water partition coefficient (Wildman–Crippen LogP) is 2.57. The first-order valence-corrected chi connectivity index (χ1v) is 7.76. The molecule has 4 heteroatoms. The molecule has 2 heterocycles. The van der Waals surface area contributed by atoms with E-state index < -0.39 is 0 Å². The number of aromatic nitrogens is 1. The number of H-pyrrole nitrogens is 1. The summed E-state index contributed by atoms with van der Waals surface area (Å²) in [6.45, 7) is 4.15. The Morgan fingerprint density at radius 2 is 2.14 bits per heavy atom. The SMILES string of the molecule is N#Cc1cccc2[nH]cc(C3CCN(CCCN)CC3)c12. The van der Waals surface area contributed by atoms with E-state index in [-0.39, 0.29) is 0 Å². The van der Waals surface area contributed by atoms with Gasteiger partial charge in [0, 0.05) is 17.1 Å². The maximum absolute atomic E-state index is 9.33. The molecule has 0 atom stereocenters. The molecule has 0 unspecified atom stereocenters. The Kier molecular flexibility index (Phi) is 4.23. The van der Waals surface area contributed by atoms with E-state index >= 15 is 0 Å². The quantitative estimate of drug-likeness (QED) is 0.905. The Hall–Kier alpha value is -1.83. The molecule has 0 saturated carbocycles. The minimum Gasteiger partial charge on any atom is -0.361 e. The number of hydrogen-bond donors (Lipinski definition) is 2. The zero-order valence-electron chi connectivity index (χ0n) is 12.3. The Labute approximate surface area is 125 Å². The third-order valence-electron chi connectivity index (χ3n) is 4.56. The van der Waals surface area contributed by atoms with Gasteiger partial charge in [-0.1, -0.05) is 6.07 Å². The molecule has 4 nitrogen and oxygen atoms in total. The fraction of sp³-hybridized carbons (Fsp3) is 0.471. The molecule has 1 saturated heterocycles. The van der Waals surface area contributed by atoms with E-state index in [9.17, 15) is 5.26 Å². The largest absolute Gasteiger partial charge is 0.361 e. The lowest BCUT2D eigenvalue weighted by atomic mass is 9.88. The highest BCUT2D eigenvalue weighted by Crippen LogP contribution is 2.34. The zero-order valence-corrected chi connectivity index (χ0v) is 12.3. The average Bonchev–Trinajstić information content (AvgIpc) is 2.97. The van der Waals surface area contributed by atoms with Crippen LogP contribution in [-0.2, 0) is 0 Å². The number of nitriles is 1. The summed E-state index contributed by atoms with van der Waals surface area (Å²) in [6, 6.07) is 8.23. The topological polar surface area (TPSA) is 68.8 Å². The van der Waals surface area contributed by atoms with E-state index in [1.54, 1.807) is 0 Å². The fourth-order valence-corrected chi connectivity index (χ4v) is 3.41. The Balaban J connectivity index is 1.78. The number of hydrogen-bond acceptors (Lipinski definition) is 3. The third-order valence-corrected chi connectivity index (χ3v) is 4.56. The maximum Gasteiger partial charge on any atom is 0.0998 e. The molecule has 3 rings (SSSR count). The van der Waals surface area contributed by atoms with Gasteiger partial charge in [-0.05, 0) is 69.1 Å². The number of fused-ring (bicyclic) bond motifs is 1. The van der Waals surface area contributed by atoms with E-state index in [0.29, 0.717) is 5.92 Å². The molecule has 1 aromatic heterocycles. The molecule has 0 radical (unpaired) electrons. The van der Waals surface area contributed by atoms with Crippen molar-refractivity contribution in [1.82, 2.24) is 9.88 Å². The maximum atomic E-state index is 9.33. The molecule has 110 valence electrons. The smallest absolute Gasteiger partial charge is 0.0998 e. The average molecular weight is 282 g/mol. The summed E-state index contributed by atoms with van der Waals surface area (Å²) in [5.41, 5.74) is 8.77. The van der Waals surface area contributed by atoms with Crippen LogP contribution in [0, 0.1) is 11.3 Å². The molecule has 21 heavy (non-hydrogen) atoms. The molecule has 1 aliphatic heterocycles. The van der Waals surface area contributed by atoms with Crippen LogP contribution >= 0.6 is 0 Å². The van der Waals surface area contributed by atoms with E-state index in [0.717, 1.165) is 61.9 Å². The van der Waals surface area contributed by atoms with E-state index in [1.807, 2.05) is 12.1 Å². The molecule has 0 spiro atoms. The number of rotatable bonds is 4. The van der Waals surface area contributed by atoms with Gasteiger partial charge < -0.3 is 15.6 Å². The number of nitrogens with one attached hydrogen (secondary N) is 1. The summed E-state index contributed by atoms with van der Waals surface area (Å²) < 4.78 is 0. The molecule has 1 aliphatic rings. The van der Waals surface area contributed by atoms with E-state index in [2.05, 4.69) is 28.2 Å². The number of piperidine rings is 1. The van der Waals surface area contributed by atoms with Crippen molar-refractivity contribution in [3.63, 3.8) is 0 Å². The van der Waals surface area contributed by atoms with Crippen molar-refractivity contribution in [1.29, 1.82) is 5.26 Å². The van der Waals surface area contributed by atoms with Crippen LogP contribution in [0.5, 0.6) is 0 Å². The van der Waals surface area contributed by atoms with Crippen LogP contribution in [0.15, 0.2) is 24.4 Å². The lowest BCUT2D eigenvalue weighted by Gasteiger charge is -2.31. The third kappa shape index (κ3) is 2.80. The lowest BCUT2D eigenvalue weighted by Crippen LogP contribution is -2.34. The highest BCUT2D eigenvalue weighted by Gasteiger charge is 2.23. The Morgan fingerprint density at radius 3 is 2.86 bits per heavy atom. The van der Waals surface area contributed by atoms with Crippen molar-refractivity contribution in [3.05, 3.63) is 35.5 Å². The molecule has 1 aromatic carbocycles. The first kappa shape index (κ1) is 14.1. The van der Waals surface area contributed by atoms with Gasteiger partial charge in [-0.2, -0.15) is 5.26 Å². The summed E-state index contributed by atoms with van der Waals surface area (Å²) in [5.74, 6) is 0.558. The number of nitrogens with two attached hydrogens (primary N) is 1. The molecule has 0 bridgehead atoms.